The number of thioether (sulfide) groups is 2. The number of hydrogen-bond donors (Lipinski definition) is 3. The summed E-state index contributed by atoms with van der Waals surface area (Å²) >= 11 is 19.4. The molecule has 0 saturated heterocycles. The third kappa shape index (κ3) is 32.6. The van der Waals surface area contributed by atoms with Crippen LogP contribution >= 0.6 is 58.3 Å². The van der Waals surface area contributed by atoms with Crippen LogP contribution in [0, 0.1) is 17.8 Å². The van der Waals surface area contributed by atoms with E-state index < -0.39 is 81.6 Å². The Morgan fingerprint density at radius 2 is 0.867 bits per heavy atom. The molecule has 0 fully saturated rings. The zero-order valence-electron chi connectivity index (χ0n) is 37.2. The number of halogens is 3. The minimum absolute atomic E-state index is 0.202. The molecule has 0 aromatic carbocycles. The SMILES string of the molecule is CCOC(=O)C(CCC[Si](C)(C)C)C(=O)OCC(Cl)(Cl)Cl.COC(=O)C(CCC[Si](CO)(CO)CO)C(=O)OC.CSCOC(=O)C(CCC[Si](C)(C)C)C(=O)OCSC. The van der Waals surface area contributed by atoms with E-state index in [0.29, 0.717) is 25.3 Å². The molecule has 15 nitrogen and oxygen atoms in total. The predicted octanol–water partition coefficient (Wildman–Crippen LogP) is 6.42. The first-order chi connectivity index (χ1) is 27.8. The van der Waals surface area contributed by atoms with Crippen LogP contribution in [0.4, 0.5) is 0 Å². The van der Waals surface area contributed by atoms with E-state index in [1.54, 1.807) is 6.92 Å². The Morgan fingerprint density at radius 3 is 1.15 bits per heavy atom. The van der Waals surface area contributed by atoms with E-state index in [2.05, 4.69) is 48.8 Å². The molecule has 0 spiro atoms. The second kappa shape index (κ2) is 34.3. The summed E-state index contributed by atoms with van der Waals surface area (Å²) in [7, 11) is -2.52. The van der Waals surface area contributed by atoms with Gasteiger partial charge in [-0.05, 0) is 38.7 Å². The third-order valence-electron chi connectivity index (χ3n) is 8.46. The standard InChI is InChI=1S/C13H23Cl3O4Si.C13H26O4S2Si.C11H22O7Si/c1-5-19-11(17)10(7-6-8-21(2,3)4)12(18)20-9-13(14,15)16;1-18-9-16-12(14)11(13(15)17-10-19-2)7-6-8-20(3,4)5;1-17-10(15)9(11(16)18-2)4-3-5-19(6-12,7-13)8-14/h10H,5-9H2,1-4H3;11H,6-10H2,1-5H3;9,12-14H,3-8H2,1-2H3. The Kier molecular flexibility index (Phi) is 36.2. The molecule has 1 unspecified atom stereocenters. The zero-order valence-corrected chi connectivity index (χ0v) is 44.1. The fourth-order valence-electron chi connectivity index (χ4n) is 4.95. The van der Waals surface area contributed by atoms with Gasteiger partial charge in [0.05, 0.1) is 20.8 Å². The first-order valence-corrected chi connectivity index (χ1v) is 33.6. The maximum absolute atomic E-state index is 12.0. The number of esters is 6. The maximum atomic E-state index is 12.0. The topological polar surface area (TPSA) is 218 Å². The molecule has 0 aromatic heterocycles. The van der Waals surface area contributed by atoms with Crippen molar-refractivity contribution in [1.82, 2.24) is 0 Å². The van der Waals surface area contributed by atoms with Crippen LogP contribution < -0.4 is 0 Å². The molecule has 0 amide bonds. The highest BCUT2D eigenvalue weighted by Gasteiger charge is 2.35. The average molecular weight is 1010 g/mol. The van der Waals surface area contributed by atoms with Gasteiger partial charge in [-0.1, -0.05) is 111 Å². The van der Waals surface area contributed by atoms with E-state index in [-0.39, 0.29) is 50.2 Å². The van der Waals surface area contributed by atoms with Gasteiger partial charge >= 0.3 is 35.8 Å². The number of aliphatic hydroxyl groups is 3. The fourth-order valence-corrected chi connectivity index (χ4v) is 9.84. The number of carbonyl (C=O) groups excluding carboxylic acids is 6. The summed E-state index contributed by atoms with van der Waals surface area (Å²) in [5.41, 5.74) is 0. The minimum atomic E-state index is -2.51. The number of hydrogen-bond acceptors (Lipinski definition) is 17. The van der Waals surface area contributed by atoms with Crippen molar-refractivity contribution in [3.63, 3.8) is 0 Å². The van der Waals surface area contributed by atoms with E-state index in [1.807, 2.05) is 12.5 Å². The molecule has 0 rings (SSSR count). The van der Waals surface area contributed by atoms with Crippen LogP contribution in [0.25, 0.3) is 0 Å². The molecule has 60 heavy (non-hydrogen) atoms. The molecule has 3 N–H and O–H groups in total. The quantitative estimate of drug-likeness (QED) is 0.0202. The molecule has 0 bridgehead atoms. The highest BCUT2D eigenvalue weighted by atomic mass is 35.6. The highest BCUT2D eigenvalue weighted by Crippen LogP contribution is 2.27. The smallest absolute Gasteiger partial charge is 0.321 e. The molecule has 0 aliphatic carbocycles. The van der Waals surface area contributed by atoms with E-state index in [4.69, 9.17) is 53.8 Å². The van der Waals surface area contributed by atoms with Gasteiger partial charge in [0, 0.05) is 34.8 Å². The molecule has 354 valence electrons. The molecule has 0 heterocycles. The summed E-state index contributed by atoms with van der Waals surface area (Å²) in [4.78, 5) is 70.5. The lowest BCUT2D eigenvalue weighted by Crippen LogP contribution is -2.48. The first-order valence-electron chi connectivity index (χ1n) is 19.5. The lowest BCUT2D eigenvalue weighted by atomic mass is 10.0. The average Bonchev–Trinajstić information content (AvgIpc) is 3.17. The van der Waals surface area contributed by atoms with E-state index >= 15 is 0 Å². The minimum Gasteiger partial charge on any atom is -0.468 e. The molecular formula is C37H71Cl3O15S2Si3. The summed E-state index contributed by atoms with van der Waals surface area (Å²) in [6.45, 7) is 15.0. The second-order valence-electron chi connectivity index (χ2n) is 16.2. The molecule has 23 heteroatoms. The maximum Gasteiger partial charge on any atom is 0.321 e. The van der Waals surface area contributed by atoms with Crippen molar-refractivity contribution in [2.45, 2.75) is 107 Å². The van der Waals surface area contributed by atoms with Crippen molar-refractivity contribution in [2.75, 3.05) is 70.5 Å². The van der Waals surface area contributed by atoms with Gasteiger partial charge in [0.15, 0.2) is 17.8 Å². The lowest BCUT2D eigenvalue weighted by Gasteiger charge is -2.24. The molecule has 0 aliphatic rings. The van der Waals surface area contributed by atoms with Gasteiger partial charge in [0.1, 0.15) is 26.6 Å². The fraction of sp³-hybridized carbons (Fsp3) is 0.838. The van der Waals surface area contributed by atoms with Gasteiger partial charge in [0.25, 0.3) is 0 Å². The second-order valence-corrected chi connectivity index (χ2v) is 36.0. The summed E-state index contributed by atoms with van der Waals surface area (Å²) in [5.74, 6) is -5.71. The van der Waals surface area contributed by atoms with Crippen molar-refractivity contribution in [3.8, 4) is 0 Å². The number of rotatable bonds is 27. The van der Waals surface area contributed by atoms with Crippen LogP contribution in [-0.4, -0.2) is 150 Å². The number of ether oxygens (including phenoxy) is 6. The van der Waals surface area contributed by atoms with Crippen molar-refractivity contribution in [3.05, 3.63) is 0 Å². The van der Waals surface area contributed by atoms with Gasteiger partial charge in [-0.2, -0.15) is 0 Å². The normalized spacial score (nSPS) is 12.2. The number of alkyl halides is 3. The summed E-state index contributed by atoms with van der Waals surface area (Å²) in [6.07, 6.45) is 6.15. The van der Waals surface area contributed by atoms with Gasteiger partial charge < -0.3 is 43.7 Å². The van der Waals surface area contributed by atoms with E-state index in [9.17, 15) is 44.1 Å². The summed E-state index contributed by atoms with van der Waals surface area (Å²) < 4.78 is 27.3. The van der Waals surface area contributed by atoms with Crippen LogP contribution in [-0.2, 0) is 57.2 Å². The van der Waals surface area contributed by atoms with Crippen molar-refractivity contribution in [1.29, 1.82) is 0 Å². The van der Waals surface area contributed by atoms with Gasteiger partial charge in [-0.25, -0.2) is 0 Å². The van der Waals surface area contributed by atoms with Crippen LogP contribution in [0.2, 0.25) is 57.4 Å². The Hall–Kier alpha value is -1.08. The summed E-state index contributed by atoms with van der Waals surface area (Å²) in [6, 6.07) is 2.52. The van der Waals surface area contributed by atoms with E-state index in [0.717, 1.165) is 24.9 Å². The van der Waals surface area contributed by atoms with Gasteiger partial charge in [-0.3, -0.25) is 28.8 Å². The monoisotopic (exact) mass is 1010 g/mol. The van der Waals surface area contributed by atoms with Crippen molar-refractivity contribution >= 4 is 118 Å². The summed E-state index contributed by atoms with van der Waals surface area (Å²) in [5, 5.41) is 27.6. The highest BCUT2D eigenvalue weighted by molar-refractivity contribution is 7.98. The van der Waals surface area contributed by atoms with Crippen molar-refractivity contribution in [2.24, 2.45) is 17.8 Å². The Morgan fingerprint density at radius 1 is 0.550 bits per heavy atom. The van der Waals surface area contributed by atoms with Crippen LogP contribution in [0.3, 0.4) is 0 Å². The Balaban J connectivity index is -0.000000813. The molecule has 1 atom stereocenters. The Labute approximate surface area is 383 Å². The number of aliphatic hydroxyl groups excluding tert-OH is 3. The first kappa shape index (κ1) is 63.2. The number of carbonyl (C=O) groups is 6. The molecule has 0 radical (unpaired) electrons. The lowest BCUT2D eigenvalue weighted by molar-refractivity contribution is -0.163. The number of methoxy groups -OCH3 is 2. The van der Waals surface area contributed by atoms with Crippen molar-refractivity contribution < 1.29 is 72.5 Å². The van der Waals surface area contributed by atoms with Gasteiger partial charge in [-0.15, -0.1) is 23.5 Å². The van der Waals surface area contributed by atoms with Crippen LogP contribution in [0.15, 0.2) is 0 Å². The van der Waals surface area contributed by atoms with Crippen LogP contribution in [0.1, 0.15) is 45.4 Å². The Bertz CT molecular complexity index is 1210. The predicted molar refractivity (Wildman–Crippen MR) is 247 cm³/mol. The molecular weight excluding hydrogens is 939 g/mol. The van der Waals surface area contributed by atoms with Crippen LogP contribution in [0.5, 0.6) is 0 Å². The third-order valence-corrected chi connectivity index (χ3v) is 16.6. The zero-order chi connectivity index (χ0) is 47.2. The van der Waals surface area contributed by atoms with E-state index in [1.165, 1.54) is 37.7 Å². The van der Waals surface area contributed by atoms with Gasteiger partial charge in [0.2, 0.25) is 3.79 Å². The molecule has 0 aliphatic heterocycles. The largest absolute Gasteiger partial charge is 0.468 e. The molecule has 0 aromatic rings. The molecule has 0 saturated carbocycles.